The number of hydrogen-bond donors (Lipinski definition) is 0. The van der Waals surface area contributed by atoms with Crippen molar-refractivity contribution >= 4 is 28.2 Å². The second-order valence-electron chi connectivity index (χ2n) is 21.0. The molecular formula is C75H49N. The van der Waals surface area contributed by atoms with Crippen LogP contribution in [-0.2, 0) is 10.8 Å². The molecule has 0 atom stereocenters. The van der Waals surface area contributed by atoms with Gasteiger partial charge < -0.3 is 4.90 Å². The first-order chi connectivity index (χ1) is 37.6. The molecule has 76 heavy (non-hydrogen) atoms. The molecule has 0 saturated carbocycles. The van der Waals surface area contributed by atoms with Crippen molar-refractivity contribution in [3.8, 4) is 66.8 Å². The van der Waals surface area contributed by atoms with Crippen LogP contribution in [0.5, 0.6) is 0 Å². The molecule has 0 unspecified atom stereocenters. The Balaban J connectivity index is 0.995. The minimum atomic E-state index is -0.504. The lowest BCUT2D eigenvalue weighted by Gasteiger charge is -2.34. The van der Waals surface area contributed by atoms with Gasteiger partial charge in [-0.05, 0) is 177 Å². The number of allylic oxidation sites excluding steroid dienone is 5. The predicted molar refractivity (Wildman–Crippen MR) is 316 cm³/mol. The normalized spacial score (nSPS) is 15.5. The molecule has 0 aromatic heterocycles. The van der Waals surface area contributed by atoms with E-state index in [-0.39, 0.29) is 0 Å². The van der Waals surface area contributed by atoms with Gasteiger partial charge in [0.2, 0.25) is 0 Å². The standard InChI is InChI=1S/C75H49N/c1-3-4-21-51-47(2)52-22-5-6-24-54(52)56-41-38-48(44-65(56)55-25-8-7-23-53(51)55)76(49-39-42-63-61-30-13-19-36-70(61)74(72(63)45-49)66-32-15-9-26-57(66)58-27-10-16-33-67(58)74)50-40-43-64-62-31-14-20-37-71(62)75(73(64)46-50)68-34-17-11-28-59(68)60-29-12-18-35-69(60)75/h3-46H,1H2,2H3/b21-4-,51-47-,52-47?,53-51?,56-54?,65-55?. The van der Waals surface area contributed by atoms with Gasteiger partial charge in [-0.25, -0.2) is 0 Å². The van der Waals surface area contributed by atoms with Crippen LogP contribution >= 0.6 is 0 Å². The van der Waals surface area contributed by atoms with Gasteiger partial charge in [0.15, 0.2) is 0 Å². The quantitative estimate of drug-likeness (QED) is 0.155. The number of benzene rings is 11. The second-order valence-corrected chi connectivity index (χ2v) is 21.0. The van der Waals surface area contributed by atoms with Crippen LogP contribution in [-0.4, -0.2) is 0 Å². The highest BCUT2D eigenvalue weighted by Gasteiger charge is 2.53. The van der Waals surface area contributed by atoms with Gasteiger partial charge in [0, 0.05) is 17.1 Å². The molecule has 0 N–H and O–H groups in total. The van der Waals surface area contributed by atoms with E-state index in [0.29, 0.717) is 0 Å². The van der Waals surface area contributed by atoms with Crippen LogP contribution in [0.2, 0.25) is 0 Å². The van der Waals surface area contributed by atoms with Crippen molar-refractivity contribution in [1.82, 2.24) is 0 Å². The SMILES string of the molecule is C=C/C=C\C1=C(/C)c2ccccc2-c2ccc(N(c3ccc4c(c3)C3(c5ccccc5-c5ccccc53)c3ccccc3-4)c3ccc4c(c3)C3(c5ccccc5-c5ccccc53)c3ccccc3-4)cc2-c2ccccc21. The fourth-order valence-electron chi connectivity index (χ4n) is 14.7. The number of anilines is 3. The molecule has 5 aliphatic carbocycles. The number of fused-ring (bicyclic) bond motifs is 25. The van der Waals surface area contributed by atoms with E-state index in [2.05, 4.69) is 279 Å². The minimum Gasteiger partial charge on any atom is -0.310 e. The van der Waals surface area contributed by atoms with E-state index in [9.17, 15) is 0 Å². The molecule has 0 radical (unpaired) electrons. The largest absolute Gasteiger partial charge is 0.310 e. The first-order valence-corrected chi connectivity index (χ1v) is 26.6. The number of nitrogens with zero attached hydrogens (tertiary/aromatic N) is 1. The van der Waals surface area contributed by atoms with Crippen molar-refractivity contribution in [1.29, 1.82) is 0 Å². The van der Waals surface area contributed by atoms with Crippen LogP contribution < -0.4 is 4.90 Å². The van der Waals surface area contributed by atoms with Crippen LogP contribution in [0.4, 0.5) is 17.1 Å². The van der Waals surface area contributed by atoms with Crippen molar-refractivity contribution in [2.24, 2.45) is 0 Å². The Morgan fingerprint density at radius 1 is 0.289 bits per heavy atom. The Morgan fingerprint density at radius 3 is 0.974 bits per heavy atom. The lowest BCUT2D eigenvalue weighted by Crippen LogP contribution is -2.26. The van der Waals surface area contributed by atoms with Gasteiger partial charge in [0.25, 0.3) is 0 Å². The van der Waals surface area contributed by atoms with Crippen LogP contribution in [0.3, 0.4) is 0 Å². The number of hydrogen-bond acceptors (Lipinski definition) is 1. The average Bonchev–Trinajstić information content (AvgIpc) is 4.16. The van der Waals surface area contributed by atoms with E-state index < -0.39 is 10.8 Å². The predicted octanol–water partition coefficient (Wildman–Crippen LogP) is 19.2. The highest BCUT2D eigenvalue weighted by molar-refractivity contribution is 6.07. The molecular weight excluding hydrogens is 915 g/mol. The molecule has 0 bridgehead atoms. The van der Waals surface area contributed by atoms with E-state index in [1.165, 1.54) is 134 Å². The summed E-state index contributed by atoms with van der Waals surface area (Å²) in [5.41, 5.74) is 32.9. The Labute approximate surface area is 444 Å². The molecule has 0 amide bonds. The number of rotatable bonds is 5. The maximum Gasteiger partial charge on any atom is 0.0726 e. The zero-order valence-electron chi connectivity index (χ0n) is 42.1. The molecule has 2 spiro atoms. The zero-order valence-corrected chi connectivity index (χ0v) is 42.1. The van der Waals surface area contributed by atoms with Crippen molar-refractivity contribution in [3.05, 3.63) is 329 Å². The zero-order chi connectivity index (χ0) is 50.3. The Bertz CT molecular complexity index is 4080. The van der Waals surface area contributed by atoms with Gasteiger partial charge in [-0.15, -0.1) is 0 Å². The van der Waals surface area contributed by atoms with Crippen LogP contribution in [0, 0.1) is 0 Å². The Kier molecular flexibility index (Phi) is 9.01. The molecule has 354 valence electrons. The van der Waals surface area contributed by atoms with Crippen LogP contribution in [0.15, 0.2) is 274 Å². The van der Waals surface area contributed by atoms with Gasteiger partial charge in [-0.3, -0.25) is 0 Å². The molecule has 0 heterocycles. The summed E-state index contributed by atoms with van der Waals surface area (Å²) in [7, 11) is 0. The van der Waals surface area contributed by atoms with Gasteiger partial charge in [-0.1, -0.05) is 237 Å². The topological polar surface area (TPSA) is 3.24 Å². The van der Waals surface area contributed by atoms with Gasteiger partial charge in [0.05, 0.1) is 10.8 Å². The summed E-state index contributed by atoms with van der Waals surface area (Å²) in [5, 5.41) is 0. The molecule has 5 aliphatic rings. The third kappa shape index (κ3) is 5.49. The van der Waals surface area contributed by atoms with Crippen molar-refractivity contribution in [2.75, 3.05) is 4.90 Å². The first kappa shape index (κ1) is 42.9. The molecule has 1 nitrogen and oxygen atoms in total. The summed E-state index contributed by atoms with van der Waals surface area (Å²) in [6.45, 7) is 6.34. The van der Waals surface area contributed by atoms with Crippen molar-refractivity contribution < 1.29 is 0 Å². The molecule has 0 aliphatic heterocycles. The van der Waals surface area contributed by atoms with Gasteiger partial charge in [-0.2, -0.15) is 0 Å². The van der Waals surface area contributed by atoms with E-state index in [1.54, 1.807) is 0 Å². The van der Waals surface area contributed by atoms with Crippen LogP contribution in [0.25, 0.3) is 77.9 Å². The van der Waals surface area contributed by atoms with E-state index in [4.69, 9.17) is 0 Å². The van der Waals surface area contributed by atoms with Crippen molar-refractivity contribution in [2.45, 2.75) is 17.8 Å². The van der Waals surface area contributed by atoms with E-state index in [0.717, 1.165) is 17.1 Å². The fourth-order valence-corrected chi connectivity index (χ4v) is 14.7. The minimum absolute atomic E-state index is 0.504. The smallest absolute Gasteiger partial charge is 0.0726 e. The summed E-state index contributed by atoms with van der Waals surface area (Å²) in [6, 6.07) is 94.5. The molecule has 11 aromatic rings. The summed E-state index contributed by atoms with van der Waals surface area (Å²) in [5.74, 6) is 0. The molecule has 11 aromatic carbocycles. The summed E-state index contributed by atoms with van der Waals surface area (Å²) in [4.78, 5) is 2.56. The van der Waals surface area contributed by atoms with E-state index in [1.807, 2.05) is 6.08 Å². The molecule has 1 heteroatoms. The van der Waals surface area contributed by atoms with Crippen molar-refractivity contribution in [3.63, 3.8) is 0 Å². The monoisotopic (exact) mass is 963 g/mol. The highest BCUT2D eigenvalue weighted by Crippen LogP contribution is 2.65. The first-order valence-electron chi connectivity index (χ1n) is 26.6. The summed E-state index contributed by atoms with van der Waals surface area (Å²) >= 11 is 0. The van der Waals surface area contributed by atoms with Crippen LogP contribution in [0.1, 0.15) is 62.6 Å². The molecule has 16 rings (SSSR count). The molecule has 0 fully saturated rings. The maximum absolute atomic E-state index is 4.08. The maximum atomic E-state index is 4.08. The average molecular weight is 964 g/mol. The summed E-state index contributed by atoms with van der Waals surface area (Å²) < 4.78 is 0. The fraction of sp³-hybridized carbons (Fsp3) is 0.0400. The Morgan fingerprint density at radius 2 is 0.579 bits per heavy atom. The summed E-state index contributed by atoms with van der Waals surface area (Å²) in [6.07, 6.45) is 6.18. The second kappa shape index (κ2) is 16.0. The third-order valence-corrected chi connectivity index (χ3v) is 17.7. The lowest BCUT2D eigenvalue weighted by molar-refractivity contribution is 0.792. The third-order valence-electron chi connectivity index (χ3n) is 17.7. The molecule has 0 saturated heterocycles. The lowest BCUT2D eigenvalue weighted by atomic mass is 9.70. The highest BCUT2D eigenvalue weighted by atomic mass is 15.1. The van der Waals surface area contributed by atoms with E-state index >= 15 is 0 Å². The Hall–Kier alpha value is -9.56. The van der Waals surface area contributed by atoms with Gasteiger partial charge in [0.1, 0.15) is 0 Å². The van der Waals surface area contributed by atoms with Gasteiger partial charge >= 0.3 is 0 Å².